The molecular formula is C14H16Cl2FN3O3. The van der Waals surface area contributed by atoms with Crippen LogP contribution in [0.1, 0.15) is 11.7 Å². The Kier molecular flexibility index (Phi) is 6.17. The number of benzene rings is 1. The van der Waals surface area contributed by atoms with E-state index in [1.54, 1.807) is 0 Å². The van der Waals surface area contributed by atoms with Gasteiger partial charge in [-0.25, -0.2) is 4.39 Å². The molecule has 1 aliphatic rings. The van der Waals surface area contributed by atoms with Gasteiger partial charge >= 0.3 is 0 Å². The van der Waals surface area contributed by atoms with Gasteiger partial charge in [-0.05, 0) is 12.1 Å². The summed E-state index contributed by atoms with van der Waals surface area (Å²) in [5.74, 6) is -1.29. The molecule has 1 fully saturated rings. The van der Waals surface area contributed by atoms with Crippen molar-refractivity contribution in [3.8, 4) is 0 Å². The minimum atomic E-state index is -0.603. The molecule has 1 aromatic carbocycles. The molecule has 0 aliphatic carbocycles. The van der Waals surface area contributed by atoms with Gasteiger partial charge in [0.15, 0.2) is 0 Å². The van der Waals surface area contributed by atoms with Crippen molar-refractivity contribution in [2.45, 2.75) is 6.10 Å². The predicted octanol–water partition coefficient (Wildman–Crippen LogP) is 1.11. The maximum atomic E-state index is 13.6. The number of hydrogen-bond donors (Lipinski definition) is 2. The summed E-state index contributed by atoms with van der Waals surface area (Å²) in [6, 6.07) is 2.51. The number of nitrogens with zero attached hydrogens (tertiary/aromatic N) is 1. The van der Waals surface area contributed by atoms with E-state index in [1.165, 1.54) is 17.0 Å². The largest absolute Gasteiger partial charge is 0.370 e. The summed E-state index contributed by atoms with van der Waals surface area (Å²) in [6.07, 6.45) is -0.558. The van der Waals surface area contributed by atoms with Crippen LogP contribution in [0.3, 0.4) is 0 Å². The molecule has 1 heterocycles. The SMILES string of the molecule is NCC(=O)NCC(=O)N1CCOC(c2cc(F)c(Cl)cc2Cl)C1. The van der Waals surface area contributed by atoms with E-state index in [2.05, 4.69) is 5.32 Å². The summed E-state index contributed by atoms with van der Waals surface area (Å²) in [5.41, 5.74) is 5.59. The van der Waals surface area contributed by atoms with Crippen LogP contribution in [-0.4, -0.2) is 49.5 Å². The normalized spacial score (nSPS) is 17.9. The number of halogens is 3. The lowest BCUT2D eigenvalue weighted by molar-refractivity contribution is -0.139. The lowest BCUT2D eigenvalue weighted by atomic mass is 10.1. The highest BCUT2D eigenvalue weighted by atomic mass is 35.5. The van der Waals surface area contributed by atoms with Gasteiger partial charge in [0.1, 0.15) is 11.9 Å². The van der Waals surface area contributed by atoms with Crippen LogP contribution in [0.4, 0.5) is 4.39 Å². The summed E-state index contributed by atoms with van der Waals surface area (Å²) in [4.78, 5) is 24.7. The van der Waals surface area contributed by atoms with Crippen LogP contribution in [-0.2, 0) is 14.3 Å². The highest BCUT2D eigenvalue weighted by Crippen LogP contribution is 2.32. The molecule has 1 atom stereocenters. The zero-order valence-electron chi connectivity index (χ0n) is 12.2. The molecule has 23 heavy (non-hydrogen) atoms. The van der Waals surface area contributed by atoms with Crippen molar-refractivity contribution in [1.29, 1.82) is 0 Å². The quantitative estimate of drug-likeness (QED) is 0.784. The highest BCUT2D eigenvalue weighted by Gasteiger charge is 2.27. The monoisotopic (exact) mass is 363 g/mol. The van der Waals surface area contributed by atoms with Crippen molar-refractivity contribution in [3.63, 3.8) is 0 Å². The first kappa shape index (κ1) is 17.9. The van der Waals surface area contributed by atoms with Crippen molar-refractivity contribution in [2.24, 2.45) is 5.73 Å². The molecule has 0 aromatic heterocycles. The van der Waals surface area contributed by atoms with Crippen LogP contribution >= 0.6 is 23.2 Å². The second kappa shape index (κ2) is 7.92. The molecule has 0 bridgehead atoms. The Morgan fingerprint density at radius 1 is 1.39 bits per heavy atom. The standard InChI is InChI=1S/C14H16Cl2FN3O3/c15-9-4-10(16)11(17)3-8(9)12-7-20(1-2-23-12)14(22)6-19-13(21)5-18/h3-4,12H,1-2,5-7,18H2,(H,19,21). The lowest BCUT2D eigenvalue weighted by Gasteiger charge is -2.33. The van der Waals surface area contributed by atoms with E-state index < -0.39 is 17.8 Å². The first-order valence-corrected chi connectivity index (χ1v) is 7.68. The van der Waals surface area contributed by atoms with Gasteiger partial charge in [0.05, 0.1) is 31.3 Å². The van der Waals surface area contributed by atoms with E-state index in [4.69, 9.17) is 33.7 Å². The fourth-order valence-corrected chi connectivity index (χ4v) is 2.71. The third-order valence-corrected chi connectivity index (χ3v) is 4.04. The van der Waals surface area contributed by atoms with Crippen LogP contribution in [0.2, 0.25) is 10.0 Å². The van der Waals surface area contributed by atoms with Gasteiger partial charge in [-0.1, -0.05) is 23.2 Å². The second-order valence-electron chi connectivity index (χ2n) is 4.97. The molecule has 1 saturated heterocycles. The fourth-order valence-electron chi connectivity index (χ4n) is 2.21. The fraction of sp³-hybridized carbons (Fsp3) is 0.429. The molecular weight excluding hydrogens is 348 g/mol. The minimum absolute atomic E-state index is 0.0769. The van der Waals surface area contributed by atoms with Crippen molar-refractivity contribution < 1.29 is 18.7 Å². The average molecular weight is 364 g/mol. The van der Waals surface area contributed by atoms with Crippen molar-refractivity contribution in [1.82, 2.24) is 10.2 Å². The van der Waals surface area contributed by atoms with Crippen LogP contribution in [0.25, 0.3) is 0 Å². The molecule has 1 aliphatic heterocycles. The number of hydrogen-bond acceptors (Lipinski definition) is 4. The molecule has 9 heteroatoms. The number of ether oxygens (including phenoxy) is 1. The van der Waals surface area contributed by atoms with E-state index in [9.17, 15) is 14.0 Å². The molecule has 3 N–H and O–H groups in total. The van der Waals surface area contributed by atoms with Crippen LogP contribution < -0.4 is 11.1 Å². The topological polar surface area (TPSA) is 84.7 Å². The summed E-state index contributed by atoms with van der Waals surface area (Å²) in [6.45, 7) is 0.533. The minimum Gasteiger partial charge on any atom is -0.370 e. The molecule has 126 valence electrons. The number of rotatable bonds is 4. The third-order valence-electron chi connectivity index (χ3n) is 3.43. The van der Waals surface area contributed by atoms with Gasteiger partial charge < -0.3 is 20.7 Å². The maximum absolute atomic E-state index is 13.6. The van der Waals surface area contributed by atoms with Gasteiger partial charge in [-0.15, -0.1) is 0 Å². The smallest absolute Gasteiger partial charge is 0.242 e. The average Bonchev–Trinajstić information content (AvgIpc) is 2.55. The predicted molar refractivity (Wildman–Crippen MR) is 83.8 cm³/mol. The van der Waals surface area contributed by atoms with Gasteiger partial charge in [0.25, 0.3) is 0 Å². The summed E-state index contributed by atoms with van der Waals surface area (Å²) >= 11 is 11.8. The summed E-state index contributed by atoms with van der Waals surface area (Å²) < 4.78 is 19.2. The Labute approximate surface area is 142 Å². The van der Waals surface area contributed by atoms with Gasteiger partial charge in [0, 0.05) is 17.1 Å². The number of carbonyl (C=O) groups is 2. The summed E-state index contributed by atoms with van der Waals surface area (Å²) in [7, 11) is 0. The Morgan fingerprint density at radius 2 is 2.13 bits per heavy atom. The van der Waals surface area contributed by atoms with Crippen LogP contribution in [0.5, 0.6) is 0 Å². The number of morpholine rings is 1. The maximum Gasteiger partial charge on any atom is 0.242 e. The van der Waals surface area contributed by atoms with Crippen molar-refractivity contribution >= 4 is 35.0 Å². The molecule has 6 nitrogen and oxygen atoms in total. The Hall–Kier alpha value is -1.41. The number of amides is 2. The van der Waals surface area contributed by atoms with Crippen LogP contribution in [0.15, 0.2) is 12.1 Å². The first-order valence-electron chi connectivity index (χ1n) is 6.93. The second-order valence-corrected chi connectivity index (χ2v) is 5.78. The van der Waals surface area contributed by atoms with E-state index in [0.717, 1.165) is 0 Å². The zero-order chi connectivity index (χ0) is 17.0. The van der Waals surface area contributed by atoms with E-state index in [1.807, 2.05) is 0 Å². The third kappa shape index (κ3) is 4.54. The van der Waals surface area contributed by atoms with Crippen molar-refractivity contribution in [2.75, 3.05) is 32.8 Å². The van der Waals surface area contributed by atoms with E-state index >= 15 is 0 Å². The number of carbonyl (C=O) groups excluding carboxylic acids is 2. The molecule has 0 radical (unpaired) electrons. The van der Waals surface area contributed by atoms with Gasteiger partial charge in [-0.3, -0.25) is 9.59 Å². The first-order chi connectivity index (χ1) is 10.9. The van der Waals surface area contributed by atoms with Crippen LogP contribution in [0, 0.1) is 5.82 Å². The molecule has 0 spiro atoms. The molecule has 1 aromatic rings. The molecule has 1 unspecified atom stereocenters. The zero-order valence-corrected chi connectivity index (χ0v) is 13.7. The Balaban J connectivity index is 2.05. The van der Waals surface area contributed by atoms with Gasteiger partial charge in [-0.2, -0.15) is 0 Å². The highest BCUT2D eigenvalue weighted by molar-refractivity contribution is 6.35. The van der Waals surface area contributed by atoms with E-state index in [0.29, 0.717) is 12.1 Å². The lowest BCUT2D eigenvalue weighted by Crippen LogP contribution is -2.47. The van der Waals surface area contributed by atoms with Crippen molar-refractivity contribution in [3.05, 3.63) is 33.6 Å². The van der Waals surface area contributed by atoms with Gasteiger partial charge in [0.2, 0.25) is 11.8 Å². The summed E-state index contributed by atoms with van der Waals surface area (Å²) in [5, 5.41) is 2.61. The molecule has 2 rings (SSSR count). The van der Waals surface area contributed by atoms with E-state index in [-0.39, 0.29) is 42.2 Å². The Morgan fingerprint density at radius 3 is 2.83 bits per heavy atom. The number of nitrogens with two attached hydrogens (primary N) is 1. The molecule has 0 saturated carbocycles. The molecule has 2 amide bonds. The Bertz CT molecular complexity index is 615. The number of nitrogens with one attached hydrogen (secondary N) is 1.